The number of nitro benzene ring substituents is 1. The molecule has 73 heavy (non-hydrogen) atoms. The number of nitrogen functional groups attached to an aromatic ring is 1. The van der Waals surface area contributed by atoms with Crippen molar-refractivity contribution in [2.24, 2.45) is 0 Å². The van der Waals surface area contributed by atoms with Gasteiger partial charge < -0.3 is 44.4 Å². The summed E-state index contributed by atoms with van der Waals surface area (Å²) in [6.07, 6.45) is 14.4. The molecular formula is C56H64N2O15. The number of aromatic carboxylic acids is 2. The summed E-state index contributed by atoms with van der Waals surface area (Å²) >= 11 is 0. The highest BCUT2D eigenvalue weighted by Crippen LogP contribution is 2.38. The summed E-state index contributed by atoms with van der Waals surface area (Å²) in [4.78, 5) is 70.4. The van der Waals surface area contributed by atoms with Crippen LogP contribution >= 0.6 is 0 Å². The molecule has 0 aliphatic heterocycles. The highest BCUT2D eigenvalue weighted by atomic mass is 16.7. The van der Waals surface area contributed by atoms with E-state index in [2.05, 4.69) is 13.5 Å². The quantitative estimate of drug-likeness (QED) is 0.00565. The van der Waals surface area contributed by atoms with Crippen LogP contribution < -0.4 is 24.7 Å². The highest BCUT2D eigenvalue weighted by molar-refractivity contribution is 6.04. The van der Waals surface area contributed by atoms with Gasteiger partial charge in [0.15, 0.2) is 5.75 Å². The van der Waals surface area contributed by atoms with Gasteiger partial charge in [-0.15, -0.1) is 0 Å². The minimum Gasteiger partial charge on any atom is -0.494 e. The van der Waals surface area contributed by atoms with E-state index in [1.54, 1.807) is 12.1 Å². The third-order valence-electron chi connectivity index (χ3n) is 11.1. The van der Waals surface area contributed by atoms with Gasteiger partial charge in [0, 0.05) is 36.4 Å². The number of hydrogen-bond donors (Lipinski definition) is 3. The number of rotatable bonds is 30. The second kappa shape index (κ2) is 31.2. The number of unbranched alkanes of at least 4 members (excludes halogenated alkanes) is 11. The van der Waals surface area contributed by atoms with E-state index in [-0.39, 0.29) is 45.7 Å². The van der Waals surface area contributed by atoms with E-state index in [9.17, 15) is 44.3 Å². The number of anilines is 1. The molecule has 0 amide bonds. The number of ether oxygens (including phenoxy) is 6. The monoisotopic (exact) mass is 1000 g/mol. The van der Waals surface area contributed by atoms with Crippen molar-refractivity contribution in [2.75, 3.05) is 25.6 Å². The van der Waals surface area contributed by atoms with Crippen LogP contribution in [0.4, 0.5) is 11.4 Å². The van der Waals surface area contributed by atoms with E-state index in [1.807, 2.05) is 30.3 Å². The molecule has 0 aliphatic carbocycles. The molecule has 5 aromatic rings. The summed E-state index contributed by atoms with van der Waals surface area (Å²) in [5.41, 5.74) is 6.30. The number of carbonyl (C=O) groups is 5. The second-order valence-corrected chi connectivity index (χ2v) is 16.7. The highest BCUT2D eigenvalue weighted by Gasteiger charge is 2.23. The van der Waals surface area contributed by atoms with Gasteiger partial charge in [0.1, 0.15) is 17.2 Å². The molecule has 17 heteroatoms. The Bertz CT molecular complexity index is 2580. The first kappa shape index (κ1) is 57.4. The molecule has 0 heterocycles. The summed E-state index contributed by atoms with van der Waals surface area (Å²) in [5.74, 6) is -3.47. The third kappa shape index (κ3) is 20.2. The smallest absolute Gasteiger partial charge is 0.343 e. The zero-order chi connectivity index (χ0) is 53.0. The summed E-state index contributed by atoms with van der Waals surface area (Å²) in [5, 5.41) is 30.4. The Morgan fingerprint density at radius 1 is 0.644 bits per heavy atom. The van der Waals surface area contributed by atoms with Crippen LogP contribution in [0.25, 0.3) is 11.1 Å². The van der Waals surface area contributed by atoms with E-state index in [1.165, 1.54) is 93.6 Å². The van der Waals surface area contributed by atoms with Crippen molar-refractivity contribution in [3.8, 4) is 34.1 Å². The predicted octanol–water partition coefficient (Wildman–Crippen LogP) is 12.3. The van der Waals surface area contributed by atoms with Gasteiger partial charge in [0.05, 0.1) is 47.0 Å². The Labute approximate surface area is 425 Å². The lowest BCUT2D eigenvalue weighted by Gasteiger charge is -2.16. The average molecular weight is 1010 g/mol. The van der Waals surface area contributed by atoms with Crippen molar-refractivity contribution in [1.29, 1.82) is 0 Å². The zero-order valence-electron chi connectivity index (χ0n) is 41.3. The van der Waals surface area contributed by atoms with Gasteiger partial charge in [0.2, 0.25) is 6.29 Å². The molecule has 1 atom stereocenters. The topological polar surface area (TPSA) is 250 Å². The van der Waals surface area contributed by atoms with Gasteiger partial charge in [-0.05, 0) is 91.6 Å². The lowest BCUT2D eigenvalue weighted by molar-refractivity contribution is -0.385. The van der Waals surface area contributed by atoms with E-state index >= 15 is 0 Å². The van der Waals surface area contributed by atoms with Crippen LogP contribution in [-0.4, -0.2) is 71.1 Å². The molecule has 17 nitrogen and oxygen atoms in total. The van der Waals surface area contributed by atoms with Crippen LogP contribution in [0, 0.1) is 10.1 Å². The summed E-state index contributed by atoms with van der Waals surface area (Å²) in [6, 6.07) is 27.7. The maximum absolute atomic E-state index is 12.9. The van der Waals surface area contributed by atoms with Crippen molar-refractivity contribution in [1.82, 2.24) is 0 Å². The number of esters is 3. The number of nitrogens with zero attached hydrogens (tertiary/aromatic N) is 1. The number of carbonyl (C=O) groups excluding carboxylic acids is 3. The van der Waals surface area contributed by atoms with Gasteiger partial charge in [-0.1, -0.05) is 108 Å². The third-order valence-corrected chi connectivity index (χ3v) is 11.1. The molecule has 0 aromatic heterocycles. The minimum absolute atomic E-state index is 0.101. The van der Waals surface area contributed by atoms with Crippen molar-refractivity contribution in [2.45, 2.75) is 104 Å². The van der Waals surface area contributed by atoms with Crippen LogP contribution in [0.1, 0.15) is 139 Å². The average Bonchev–Trinajstić information content (AvgIpc) is 3.38. The number of carboxylic acid groups (broad SMARTS) is 2. The van der Waals surface area contributed by atoms with Crippen molar-refractivity contribution >= 4 is 41.2 Å². The fourth-order valence-electron chi connectivity index (χ4n) is 7.18. The summed E-state index contributed by atoms with van der Waals surface area (Å²) in [7, 11) is 0. The van der Waals surface area contributed by atoms with Gasteiger partial charge in [-0.25, -0.2) is 24.0 Å². The molecule has 0 spiro atoms. The first-order chi connectivity index (χ1) is 35.2. The largest absolute Gasteiger partial charge is 0.494 e. The summed E-state index contributed by atoms with van der Waals surface area (Å²) < 4.78 is 32.5. The maximum atomic E-state index is 12.9. The Morgan fingerprint density at radius 2 is 1.22 bits per heavy atom. The van der Waals surface area contributed by atoms with Crippen molar-refractivity contribution in [3.05, 3.63) is 154 Å². The normalized spacial score (nSPS) is 10.9. The van der Waals surface area contributed by atoms with Crippen LogP contribution in [0.5, 0.6) is 23.0 Å². The van der Waals surface area contributed by atoms with E-state index in [4.69, 9.17) is 34.2 Å². The lowest BCUT2D eigenvalue weighted by Crippen LogP contribution is -2.23. The molecule has 0 saturated heterocycles. The molecule has 1 unspecified atom stereocenters. The molecule has 4 N–H and O–H groups in total. The van der Waals surface area contributed by atoms with Gasteiger partial charge in [0.25, 0.3) is 0 Å². The molecule has 0 bridgehead atoms. The molecule has 0 saturated carbocycles. The molecule has 0 fully saturated rings. The van der Waals surface area contributed by atoms with Crippen LogP contribution in [0.3, 0.4) is 0 Å². The lowest BCUT2D eigenvalue weighted by atomic mass is 10.0. The molecular weight excluding hydrogens is 941 g/mol. The SMILES string of the molecule is C=CC(=O)OCCCCCCCCCOc1ccccc1.CCCCCCCCOc1cc(N)c(-c2ccc(C(=O)Oc3ccc(OC(C)OC(=O)c4cc(C(=O)O)ccc4C(=O)O)cc3)cc2)cc1[N+](=O)[O-]. The number of nitro groups is 1. The number of nitrogens with two attached hydrogens (primary N) is 1. The Morgan fingerprint density at radius 3 is 1.81 bits per heavy atom. The van der Waals surface area contributed by atoms with Gasteiger partial charge in [-0.3, -0.25) is 10.1 Å². The second-order valence-electron chi connectivity index (χ2n) is 16.7. The van der Waals surface area contributed by atoms with Crippen molar-refractivity contribution < 1.29 is 67.5 Å². The number of para-hydroxylation sites is 1. The van der Waals surface area contributed by atoms with Crippen LogP contribution in [0.2, 0.25) is 0 Å². The molecule has 388 valence electrons. The Kier molecular flexibility index (Phi) is 24.5. The molecule has 5 rings (SSSR count). The van der Waals surface area contributed by atoms with Gasteiger partial charge in [-0.2, -0.15) is 0 Å². The molecule has 0 aliphatic rings. The Balaban J connectivity index is 0.000000459. The maximum Gasteiger partial charge on any atom is 0.343 e. The fraction of sp³-hybridized carbons (Fsp3) is 0.339. The number of carboxylic acids is 2. The van der Waals surface area contributed by atoms with Gasteiger partial charge >= 0.3 is 35.5 Å². The van der Waals surface area contributed by atoms with Crippen molar-refractivity contribution in [3.63, 3.8) is 0 Å². The van der Waals surface area contributed by atoms with Crippen LogP contribution in [-0.2, 0) is 14.3 Å². The zero-order valence-corrected chi connectivity index (χ0v) is 41.3. The minimum atomic E-state index is -1.44. The van der Waals surface area contributed by atoms with Crippen LogP contribution in [0.15, 0.2) is 122 Å². The Hall–Kier alpha value is -8.21. The van der Waals surface area contributed by atoms with E-state index < -0.39 is 46.2 Å². The fourth-order valence-corrected chi connectivity index (χ4v) is 7.18. The first-order valence-corrected chi connectivity index (χ1v) is 24.3. The number of hydrogen-bond acceptors (Lipinski definition) is 14. The predicted molar refractivity (Wildman–Crippen MR) is 274 cm³/mol. The van der Waals surface area contributed by atoms with E-state index in [0.717, 1.165) is 81.9 Å². The standard InChI is InChI=1S/C38H38N2O12.C18H26O3/c1-3-4-5-6-7-8-19-49-34-22-32(39)30(21-33(34)40(47)48)24-9-11-25(12-10-24)37(45)52-28-16-14-27(15-17-28)50-23(2)51-38(46)31-20-26(35(41)42)13-18-29(31)36(43)44;1-2-18(19)21-16-12-7-5-3-4-6-11-15-20-17-13-9-8-10-14-17/h9-18,20-23H,3-8,19,39H2,1-2H3,(H,41,42)(H,43,44);2,8-10,13-14H,1,3-7,11-12,15-16H2. The molecule has 0 radical (unpaired) electrons. The molecule has 5 aromatic carbocycles. The first-order valence-electron chi connectivity index (χ1n) is 24.3. The number of benzene rings is 5. The summed E-state index contributed by atoms with van der Waals surface area (Å²) in [6.45, 7) is 8.53. The van der Waals surface area contributed by atoms with E-state index in [0.29, 0.717) is 24.3 Å².